The van der Waals surface area contributed by atoms with Gasteiger partial charge in [-0.3, -0.25) is 0 Å². The molecule has 0 amide bonds. The molecule has 1 aromatic carbocycles. The maximum absolute atomic E-state index is 6.15. The highest BCUT2D eigenvalue weighted by atomic mass is 35.5. The average Bonchev–Trinajstić information content (AvgIpc) is 2.43. The lowest BCUT2D eigenvalue weighted by Crippen LogP contribution is -2.11. The summed E-state index contributed by atoms with van der Waals surface area (Å²) in [5.41, 5.74) is 0.998. The number of benzene rings is 1. The first-order valence-electron chi connectivity index (χ1n) is 6.08. The first kappa shape index (κ1) is 15.4. The molecule has 0 saturated heterocycles. The normalized spacial score (nSPS) is 10.6. The summed E-state index contributed by atoms with van der Waals surface area (Å²) in [6, 6.07) is 6.81. The van der Waals surface area contributed by atoms with E-state index in [4.69, 9.17) is 39.5 Å². The Morgan fingerprint density at radius 1 is 1.10 bits per heavy atom. The summed E-state index contributed by atoms with van der Waals surface area (Å²) in [5.74, 6) is 0.874. The molecule has 0 aliphatic heterocycles. The molecule has 0 bridgehead atoms. The van der Waals surface area contributed by atoms with Crippen LogP contribution in [0.1, 0.15) is 12.5 Å². The Kier molecular flexibility index (Phi) is 5.49. The molecule has 0 saturated carbocycles. The molecule has 0 aliphatic rings. The SMILES string of the molecule is CCNCc1cnc(Oc2ccc(Cl)c(Cl)c2)c(Cl)c1. The second-order valence-electron chi connectivity index (χ2n) is 4.09. The van der Waals surface area contributed by atoms with Gasteiger partial charge in [0.2, 0.25) is 5.88 Å². The van der Waals surface area contributed by atoms with Gasteiger partial charge in [0.25, 0.3) is 0 Å². The van der Waals surface area contributed by atoms with Crippen molar-refractivity contribution in [1.29, 1.82) is 0 Å². The molecular weight excluding hydrogens is 319 g/mol. The molecule has 0 radical (unpaired) electrons. The van der Waals surface area contributed by atoms with Crippen molar-refractivity contribution in [2.45, 2.75) is 13.5 Å². The van der Waals surface area contributed by atoms with Gasteiger partial charge in [0, 0.05) is 18.8 Å². The van der Waals surface area contributed by atoms with Gasteiger partial charge >= 0.3 is 0 Å². The minimum atomic E-state index is 0.338. The Morgan fingerprint density at radius 2 is 1.90 bits per heavy atom. The van der Waals surface area contributed by atoms with E-state index < -0.39 is 0 Å². The molecule has 20 heavy (non-hydrogen) atoms. The number of ether oxygens (including phenoxy) is 1. The number of nitrogens with one attached hydrogen (secondary N) is 1. The van der Waals surface area contributed by atoms with Crippen molar-refractivity contribution in [3.8, 4) is 11.6 Å². The molecule has 1 heterocycles. The Morgan fingerprint density at radius 3 is 2.55 bits per heavy atom. The fourth-order valence-corrected chi connectivity index (χ4v) is 2.07. The van der Waals surface area contributed by atoms with Crippen molar-refractivity contribution in [1.82, 2.24) is 10.3 Å². The molecule has 2 rings (SSSR count). The second kappa shape index (κ2) is 7.14. The topological polar surface area (TPSA) is 34.2 Å². The highest BCUT2D eigenvalue weighted by molar-refractivity contribution is 6.42. The molecule has 1 N–H and O–H groups in total. The molecular formula is C14H13Cl3N2O. The number of rotatable bonds is 5. The average molecular weight is 332 g/mol. The molecule has 0 atom stereocenters. The van der Waals surface area contributed by atoms with Crippen molar-refractivity contribution >= 4 is 34.8 Å². The van der Waals surface area contributed by atoms with E-state index >= 15 is 0 Å². The summed E-state index contributed by atoms with van der Waals surface area (Å²) in [6.45, 7) is 3.65. The summed E-state index contributed by atoms with van der Waals surface area (Å²) < 4.78 is 5.60. The van der Waals surface area contributed by atoms with Crippen LogP contribution in [0.3, 0.4) is 0 Å². The lowest BCUT2D eigenvalue weighted by atomic mass is 10.3. The molecule has 3 nitrogen and oxygen atoms in total. The van der Waals surface area contributed by atoms with Crippen LogP contribution >= 0.6 is 34.8 Å². The van der Waals surface area contributed by atoms with Crippen molar-refractivity contribution in [2.24, 2.45) is 0 Å². The molecule has 0 aliphatic carbocycles. The van der Waals surface area contributed by atoms with Gasteiger partial charge in [-0.15, -0.1) is 0 Å². The maximum atomic E-state index is 6.15. The Labute approximate surface area is 132 Å². The first-order valence-corrected chi connectivity index (χ1v) is 7.21. The van der Waals surface area contributed by atoms with Gasteiger partial charge in [-0.2, -0.15) is 0 Å². The van der Waals surface area contributed by atoms with Gasteiger partial charge in [-0.25, -0.2) is 4.98 Å². The van der Waals surface area contributed by atoms with Crippen LogP contribution in [0.15, 0.2) is 30.5 Å². The smallest absolute Gasteiger partial charge is 0.238 e. The molecule has 6 heteroatoms. The summed E-state index contributed by atoms with van der Waals surface area (Å²) in [5, 5.41) is 4.55. The van der Waals surface area contributed by atoms with Crippen molar-refractivity contribution < 1.29 is 4.74 Å². The fraction of sp³-hybridized carbons (Fsp3) is 0.214. The highest BCUT2D eigenvalue weighted by Crippen LogP contribution is 2.31. The van der Waals surface area contributed by atoms with Crippen molar-refractivity contribution in [3.63, 3.8) is 0 Å². The number of halogens is 3. The third-order valence-corrected chi connectivity index (χ3v) is 3.56. The predicted octanol–water partition coefficient (Wildman–Crippen LogP) is 4.94. The Bertz CT molecular complexity index is 605. The van der Waals surface area contributed by atoms with Crippen LogP contribution in [-0.2, 0) is 6.54 Å². The molecule has 1 aromatic heterocycles. The second-order valence-corrected chi connectivity index (χ2v) is 5.31. The number of pyridine rings is 1. The standard InChI is InChI=1S/C14H13Cl3N2O/c1-2-18-7-9-5-13(17)14(19-8-9)20-10-3-4-11(15)12(16)6-10/h3-6,8,18H,2,7H2,1H3. The van der Waals surface area contributed by atoms with Crippen LogP contribution in [0.5, 0.6) is 11.6 Å². The summed E-state index contributed by atoms with van der Waals surface area (Å²) >= 11 is 17.9. The summed E-state index contributed by atoms with van der Waals surface area (Å²) in [6.07, 6.45) is 1.72. The van der Waals surface area contributed by atoms with Crippen LogP contribution in [0, 0.1) is 0 Å². The van der Waals surface area contributed by atoms with E-state index in [1.807, 2.05) is 13.0 Å². The van der Waals surface area contributed by atoms with E-state index in [1.54, 1.807) is 24.4 Å². The summed E-state index contributed by atoms with van der Waals surface area (Å²) in [7, 11) is 0. The van der Waals surface area contributed by atoms with E-state index in [0.29, 0.717) is 26.7 Å². The largest absolute Gasteiger partial charge is 0.437 e. The molecule has 0 unspecified atom stereocenters. The Hall–Kier alpha value is -1.000. The van der Waals surface area contributed by atoms with Gasteiger partial charge in [0.05, 0.1) is 10.0 Å². The van der Waals surface area contributed by atoms with Crippen molar-refractivity contribution in [2.75, 3.05) is 6.54 Å². The lowest BCUT2D eigenvalue weighted by molar-refractivity contribution is 0.462. The number of hydrogen-bond acceptors (Lipinski definition) is 3. The minimum Gasteiger partial charge on any atom is -0.437 e. The van der Waals surface area contributed by atoms with E-state index in [9.17, 15) is 0 Å². The number of hydrogen-bond donors (Lipinski definition) is 1. The Balaban J connectivity index is 2.14. The maximum Gasteiger partial charge on any atom is 0.238 e. The number of nitrogens with zero attached hydrogens (tertiary/aromatic N) is 1. The van der Waals surface area contributed by atoms with Crippen LogP contribution in [0.25, 0.3) is 0 Å². The van der Waals surface area contributed by atoms with E-state index in [-0.39, 0.29) is 0 Å². The van der Waals surface area contributed by atoms with Gasteiger partial charge in [-0.1, -0.05) is 41.7 Å². The summed E-state index contributed by atoms with van der Waals surface area (Å²) in [4.78, 5) is 4.21. The van der Waals surface area contributed by atoms with Gasteiger partial charge in [-0.05, 0) is 30.3 Å². The molecule has 106 valence electrons. The molecule has 0 fully saturated rings. The lowest BCUT2D eigenvalue weighted by Gasteiger charge is -2.09. The minimum absolute atomic E-state index is 0.338. The van der Waals surface area contributed by atoms with Crippen LogP contribution in [0.2, 0.25) is 15.1 Å². The quantitative estimate of drug-likeness (QED) is 0.842. The van der Waals surface area contributed by atoms with Crippen molar-refractivity contribution in [3.05, 3.63) is 51.1 Å². The highest BCUT2D eigenvalue weighted by Gasteiger charge is 2.08. The van der Waals surface area contributed by atoms with E-state index in [2.05, 4.69) is 10.3 Å². The van der Waals surface area contributed by atoms with Gasteiger partial charge in [0.1, 0.15) is 10.8 Å². The van der Waals surface area contributed by atoms with Gasteiger partial charge in [0.15, 0.2) is 0 Å². The zero-order valence-corrected chi connectivity index (χ0v) is 13.1. The third kappa shape index (κ3) is 4.00. The predicted molar refractivity (Wildman–Crippen MR) is 83.2 cm³/mol. The molecule has 0 spiro atoms. The third-order valence-electron chi connectivity index (χ3n) is 2.55. The van der Waals surface area contributed by atoms with E-state index in [0.717, 1.165) is 18.7 Å². The number of aromatic nitrogens is 1. The molecule has 2 aromatic rings. The van der Waals surface area contributed by atoms with Crippen LogP contribution in [-0.4, -0.2) is 11.5 Å². The zero-order chi connectivity index (χ0) is 14.5. The monoisotopic (exact) mass is 330 g/mol. The fourth-order valence-electron chi connectivity index (χ4n) is 1.56. The van der Waals surface area contributed by atoms with E-state index in [1.165, 1.54) is 0 Å². The first-order chi connectivity index (χ1) is 9.60. The zero-order valence-electron chi connectivity index (χ0n) is 10.8. The van der Waals surface area contributed by atoms with Gasteiger partial charge < -0.3 is 10.1 Å². The van der Waals surface area contributed by atoms with Crippen LogP contribution in [0.4, 0.5) is 0 Å². The van der Waals surface area contributed by atoms with Crippen LogP contribution < -0.4 is 10.1 Å².